The molecule has 2 heteroatoms. The maximum atomic E-state index is 2.70. The molecule has 0 unspecified atom stereocenters. The van der Waals surface area contributed by atoms with Gasteiger partial charge < -0.3 is 4.90 Å². The van der Waals surface area contributed by atoms with E-state index in [1.165, 1.54) is 70.4 Å². The first-order valence-corrected chi connectivity index (χ1v) is 11.3. The van der Waals surface area contributed by atoms with Crippen LogP contribution in [0.15, 0.2) is 18.2 Å². The highest BCUT2D eigenvalue weighted by molar-refractivity contribution is 5.57. The quantitative estimate of drug-likeness (QED) is 0.658. The van der Waals surface area contributed by atoms with Gasteiger partial charge in [0, 0.05) is 38.4 Å². The summed E-state index contributed by atoms with van der Waals surface area (Å²) in [4.78, 5) is 5.40. The zero-order chi connectivity index (χ0) is 19.2. The smallest absolute Gasteiger partial charge is 0.0405 e. The Kier molecular flexibility index (Phi) is 5.08. The summed E-state index contributed by atoms with van der Waals surface area (Å²) in [6.45, 7) is 18.4. The molecule has 0 atom stereocenters. The van der Waals surface area contributed by atoms with E-state index in [2.05, 4.69) is 62.6 Å². The van der Waals surface area contributed by atoms with Gasteiger partial charge in [-0.3, -0.25) is 4.90 Å². The monoisotopic (exact) mass is 368 g/mol. The minimum absolute atomic E-state index is 0.442. The lowest BCUT2D eigenvalue weighted by atomic mass is 9.60. The fourth-order valence-corrected chi connectivity index (χ4v) is 6.18. The molecule has 0 aromatic heterocycles. The first-order chi connectivity index (χ1) is 12.7. The molecule has 4 rings (SSSR count). The number of nitrogens with zero attached hydrogens (tertiary/aromatic N) is 2. The van der Waals surface area contributed by atoms with Crippen molar-refractivity contribution < 1.29 is 0 Å². The van der Waals surface area contributed by atoms with Crippen LogP contribution < -0.4 is 4.90 Å². The first kappa shape index (κ1) is 19.3. The van der Waals surface area contributed by atoms with Crippen molar-refractivity contribution >= 4 is 5.69 Å². The van der Waals surface area contributed by atoms with E-state index in [0.29, 0.717) is 16.7 Å². The minimum Gasteiger partial charge on any atom is -0.369 e. The Labute approximate surface area is 167 Å². The molecule has 1 aromatic carbocycles. The summed E-state index contributed by atoms with van der Waals surface area (Å²) in [5.41, 5.74) is 5.45. The van der Waals surface area contributed by atoms with E-state index >= 15 is 0 Å². The predicted molar refractivity (Wildman–Crippen MR) is 117 cm³/mol. The van der Waals surface area contributed by atoms with Gasteiger partial charge in [-0.15, -0.1) is 0 Å². The van der Waals surface area contributed by atoms with Crippen LogP contribution in [-0.2, 0) is 0 Å². The van der Waals surface area contributed by atoms with Crippen LogP contribution in [-0.4, -0.2) is 37.6 Å². The van der Waals surface area contributed by atoms with Crippen molar-refractivity contribution in [1.29, 1.82) is 0 Å². The standard InChI is InChI=1S/C25H40N2/c1-19-6-9-22(21-15-24(2,3)18-25(4,5)16-21)23(14-19)27-12-10-26(11-13-27)17-20-7-8-20/h6,9,14,20-21H,7-8,10-13,15-18H2,1-5H3. The van der Waals surface area contributed by atoms with Crippen molar-refractivity contribution in [3.05, 3.63) is 29.3 Å². The molecule has 1 heterocycles. The van der Waals surface area contributed by atoms with Crippen LogP contribution >= 0.6 is 0 Å². The fourth-order valence-electron chi connectivity index (χ4n) is 6.18. The average molecular weight is 369 g/mol. The molecule has 27 heavy (non-hydrogen) atoms. The van der Waals surface area contributed by atoms with Crippen molar-refractivity contribution in [2.45, 2.75) is 72.6 Å². The maximum absolute atomic E-state index is 2.70. The molecule has 2 aliphatic carbocycles. The van der Waals surface area contributed by atoms with E-state index in [-0.39, 0.29) is 0 Å². The van der Waals surface area contributed by atoms with Crippen molar-refractivity contribution in [1.82, 2.24) is 4.90 Å². The number of piperazine rings is 1. The van der Waals surface area contributed by atoms with Gasteiger partial charge in [0.1, 0.15) is 0 Å². The zero-order valence-electron chi connectivity index (χ0n) is 18.4. The van der Waals surface area contributed by atoms with Crippen molar-refractivity contribution in [3.63, 3.8) is 0 Å². The Morgan fingerprint density at radius 1 is 0.926 bits per heavy atom. The van der Waals surface area contributed by atoms with Gasteiger partial charge >= 0.3 is 0 Å². The largest absolute Gasteiger partial charge is 0.369 e. The molecule has 1 aromatic rings. The number of aryl methyl sites for hydroxylation is 1. The summed E-state index contributed by atoms with van der Waals surface area (Å²) < 4.78 is 0. The van der Waals surface area contributed by atoms with Gasteiger partial charge in [0.25, 0.3) is 0 Å². The number of benzene rings is 1. The Hall–Kier alpha value is -1.02. The SMILES string of the molecule is Cc1ccc(C2CC(C)(C)CC(C)(C)C2)c(N2CCN(CC3CC3)CC2)c1. The minimum atomic E-state index is 0.442. The second kappa shape index (κ2) is 7.10. The highest BCUT2D eigenvalue weighted by Gasteiger charge is 2.40. The molecule has 2 saturated carbocycles. The Bertz CT molecular complexity index is 647. The number of anilines is 1. The third kappa shape index (κ3) is 4.70. The molecule has 1 saturated heterocycles. The van der Waals surface area contributed by atoms with Gasteiger partial charge in [-0.2, -0.15) is 0 Å². The van der Waals surface area contributed by atoms with Crippen LogP contribution in [0.4, 0.5) is 5.69 Å². The van der Waals surface area contributed by atoms with Gasteiger partial charge in [0.15, 0.2) is 0 Å². The Morgan fingerprint density at radius 3 is 2.15 bits per heavy atom. The summed E-state index contributed by atoms with van der Waals surface area (Å²) in [7, 11) is 0. The Morgan fingerprint density at radius 2 is 1.56 bits per heavy atom. The number of hydrogen-bond acceptors (Lipinski definition) is 2. The topological polar surface area (TPSA) is 6.48 Å². The van der Waals surface area contributed by atoms with Gasteiger partial charge in [0.2, 0.25) is 0 Å². The molecule has 0 spiro atoms. The Balaban J connectivity index is 1.54. The van der Waals surface area contributed by atoms with E-state index in [0.717, 1.165) is 5.92 Å². The van der Waals surface area contributed by atoms with E-state index < -0.39 is 0 Å². The molecule has 150 valence electrons. The summed E-state index contributed by atoms with van der Waals surface area (Å²) in [5.74, 6) is 1.71. The van der Waals surface area contributed by atoms with Crippen LogP contribution in [0.3, 0.4) is 0 Å². The molecule has 1 aliphatic heterocycles. The third-order valence-corrected chi connectivity index (χ3v) is 7.11. The van der Waals surface area contributed by atoms with Crippen LogP contribution in [0.2, 0.25) is 0 Å². The molecular formula is C25H40N2. The van der Waals surface area contributed by atoms with E-state index in [4.69, 9.17) is 0 Å². The van der Waals surface area contributed by atoms with Gasteiger partial charge in [-0.05, 0) is 78.9 Å². The van der Waals surface area contributed by atoms with Crippen LogP contribution in [0.25, 0.3) is 0 Å². The van der Waals surface area contributed by atoms with Crippen LogP contribution in [0.5, 0.6) is 0 Å². The highest BCUT2D eigenvalue weighted by atomic mass is 15.3. The number of rotatable bonds is 4. The highest BCUT2D eigenvalue weighted by Crippen LogP contribution is 2.53. The summed E-state index contributed by atoms with van der Waals surface area (Å²) in [6, 6.07) is 7.28. The molecular weight excluding hydrogens is 328 g/mol. The van der Waals surface area contributed by atoms with Gasteiger partial charge in [0.05, 0.1) is 0 Å². The number of hydrogen-bond donors (Lipinski definition) is 0. The molecule has 0 radical (unpaired) electrons. The fraction of sp³-hybridized carbons (Fsp3) is 0.760. The average Bonchev–Trinajstić information content (AvgIpc) is 3.36. The van der Waals surface area contributed by atoms with Crippen LogP contribution in [0, 0.1) is 23.7 Å². The van der Waals surface area contributed by atoms with Crippen molar-refractivity contribution in [3.8, 4) is 0 Å². The zero-order valence-corrected chi connectivity index (χ0v) is 18.4. The molecule has 0 N–H and O–H groups in total. The lowest BCUT2D eigenvalue weighted by molar-refractivity contribution is 0.0970. The van der Waals surface area contributed by atoms with E-state index in [1.807, 2.05) is 0 Å². The van der Waals surface area contributed by atoms with E-state index in [9.17, 15) is 0 Å². The molecule has 0 bridgehead atoms. The molecule has 0 amide bonds. The van der Waals surface area contributed by atoms with E-state index in [1.54, 1.807) is 11.3 Å². The first-order valence-electron chi connectivity index (χ1n) is 11.3. The van der Waals surface area contributed by atoms with Crippen molar-refractivity contribution in [2.24, 2.45) is 16.7 Å². The van der Waals surface area contributed by atoms with Gasteiger partial charge in [-0.25, -0.2) is 0 Å². The lowest BCUT2D eigenvalue weighted by Crippen LogP contribution is -2.47. The van der Waals surface area contributed by atoms with Crippen LogP contribution in [0.1, 0.15) is 76.8 Å². The second-order valence-electron chi connectivity index (χ2n) is 11.4. The molecule has 3 aliphatic rings. The summed E-state index contributed by atoms with van der Waals surface area (Å²) in [5, 5.41) is 0. The second-order valence-corrected chi connectivity index (χ2v) is 11.4. The normalized spacial score (nSPS) is 26.3. The van der Waals surface area contributed by atoms with Gasteiger partial charge in [-0.1, -0.05) is 39.8 Å². The predicted octanol–water partition coefficient (Wildman–Crippen LogP) is 5.85. The maximum Gasteiger partial charge on any atom is 0.0405 e. The third-order valence-electron chi connectivity index (χ3n) is 7.11. The summed E-state index contributed by atoms with van der Waals surface area (Å²) >= 11 is 0. The van der Waals surface area contributed by atoms with Crippen molar-refractivity contribution in [2.75, 3.05) is 37.6 Å². The summed E-state index contributed by atoms with van der Waals surface area (Å²) in [6.07, 6.45) is 6.94. The molecule has 3 fully saturated rings. The lowest BCUT2D eigenvalue weighted by Gasteiger charge is -2.46. The molecule has 2 nitrogen and oxygen atoms in total.